The van der Waals surface area contributed by atoms with Crippen LogP contribution in [0.2, 0.25) is 0 Å². The van der Waals surface area contributed by atoms with E-state index >= 15 is 0 Å². The predicted octanol–water partition coefficient (Wildman–Crippen LogP) is 2.22. The second kappa shape index (κ2) is 10.4. The molecule has 0 aliphatic rings. The zero-order chi connectivity index (χ0) is 26.7. The van der Waals surface area contributed by atoms with Crippen molar-refractivity contribution in [3.63, 3.8) is 0 Å². The van der Waals surface area contributed by atoms with Gasteiger partial charge in [0, 0.05) is 60.2 Å². The molecule has 5 rings (SSSR count). The number of carbonyl (C=O) groups excluding carboxylic acids is 1. The maximum absolute atomic E-state index is 11.8. The molecule has 38 heavy (non-hydrogen) atoms. The van der Waals surface area contributed by atoms with Crippen LogP contribution >= 0.6 is 0 Å². The Hall–Kier alpha value is -4.61. The molecule has 194 valence electrons. The van der Waals surface area contributed by atoms with Crippen molar-refractivity contribution in [2.45, 2.75) is 25.5 Å². The lowest BCUT2D eigenvalue weighted by atomic mass is 9.91. The van der Waals surface area contributed by atoms with E-state index in [1.165, 1.54) is 0 Å². The molecular weight excluding hydrogens is 484 g/mol. The standard InChI is InChI=1S/C27H28N8O3/c1-27(38,19-5-3-2-4-6-19)23-12-22(33-26(28)34-23)21-15-31-25-20(21)11-17(13-30-25)18-14-32-35(16-18)9-7-24(37)29-8-10-36/h2-6,11-16,36,38H,7-10H2,1H3,(H,29,37)(H,30,31)(H2,28,33,34). The van der Waals surface area contributed by atoms with Crippen molar-refractivity contribution in [1.29, 1.82) is 0 Å². The SMILES string of the molecule is CC(O)(c1ccccc1)c1cc(-c2c[nH]c3ncc(-c4cnn(CCC(=O)NCCO)c4)cc23)nc(N)n1. The average Bonchev–Trinajstić information content (AvgIpc) is 3.58. The molecule has 4 heterocycles. The Morgan fingerprint density at radius 3 is 2.76 bits per heavy atom. The van der Waals surface area contributed by atoms with Crippen LogP contribution in [-0.4, -0.2) is 59.0 Å². The first kappa shape index (κ1) is 25.1. The first-order chi connectivity index (χ1) is 18.3. The summed E-state index contributed by atoms with van der Waals surface area (Å²) in [6, 6.07) is 13.0. The molecule has 11 heteroatoms. The number of aliphatic hydroxyl groups excluding tert-OH is 1. The van der Waals surface area contributed by atoms with Crippen molar-refractivity contribution < 1.29 is 15.0 Å². The zero-order valence-corrected chi connectivity index (χ0v) is 20.8. The molecule has 0 radical (unpaired) electrons. The van der Waals surface area contributed by atoms with E-state index in [1.807, 2.05) is 42.6 Å². The molecule has 0 saturated heterocycles. The number of aliphatic hydroxyl groups is 2. The Morgan fingerprint density at radius 1 is 1.16 bits per heavy atom. The van der Waals surface area contributed by atoms with Crippen LogP contribution in [0, 0.1) is 0 Å². The molecule has 0 saturated carbocycles. The fourth-order valence-electron chi connectivity index (χ4n) is 4.27. The number of fused-ring (bicyclic) bond motifs is 1. The van der Waals surface area contributed by atoms with Gasteiger partial charge >= 0.3 is 0 Å². The highest BCUT2D eigenvalue weighted by molar-refractivity contribution is 5.95. The Kier molecular flexibility index (Phi) is 6.86. The number of nitrogen functional groups attached to an aromatic ring is 1. The molecule has 11 nitrogen and oxygen atoms in total. The number of nitrogens with zero attached hydrogens (tertiary/aromatic N) is 5. The molecule has 0 fully saturated rings. The third-order valence-electron chi connectivity index (χ3n) is 6.35. The van der Waals surface area contributed by atoms with Gasteiger partial charge in [0.15, 0.2) is 0 Å². The number of hydrogen-bond donors (Lipinski definition) is 5. The topological polar surface area (TPSA) is 168 Å². The van der Waals surface area contributed by atoms with Gasteiger partial charge in [-0.2, -0.15) is 5.10 Å². The molecular formula is C27H28N8O3. The lowest BCUT2D eigenvalue weighted by Crippen LogP contribution is -2.27. The van der Waals surface area contributed by atoms with Crippen molar-refractivity contribution >= 4 is 22.9 Å². The summed E-state index contributed by atoms with van der Waals surface area (Å²) in [5.41, 5.74) is 9.45. The van der Waals surface area contributed by atoms with Gasteiger partial charge in [-0.25, -0.2) is 15.0 Å². The quantitative estimate of drug-likeness (QED) is 0.200. The number of hydrogen-bond acceptors (Lipinski definition) is 8. The minimum atomic E-state index is -1.37. The first-order valence-corrected chi connectivity index (χ1v) is 12.2. The van der Waals surface area contributed by atoms with Crippen molar-refractivity contribution in [2.75, 3.05) is 18.9 Å². The molecule has 0 aliphatic carbocycles. The summed E-state index contributed by atoms with van der Waals surface area (Å²) in [6.45, 7) is 2.23. The Morgan fingerprint density at radius 2 is 1.97 bits per heavy atom. The summed E-state index contributed by atoms with van der Waals surface area (Å²) in [4.78, 5) is 28.3. The van der Waals surface area contributed by atoms with Crippen molar-refractivity contribution in [3.8, 4) is 22.4 Å². The predicted molar refractivity (Wildman–Crippen MR) is 143 cm³/mol. The van der Waals surface area contributed by atoms with Crippen LogP contribution in [0.3, 0.4) is 0 Å². The van der Waals surface area contributed by atoms with Gasteiger partial charge in [-0.3, -0.25) is 9.48 Å². The van der Waals surface area contributed by atoms with E-state index in [0.717, 1.165) is 22.1 Å². The highest BCUT2D eigenvalue weighted by Crippen LogP contribution is 2.34. The molecule has 4 aromatic heterocycles. The van der Waals surface area contributed by atoms with E-state index < -0.39 is 5.60 Å². The number of rotatable bonds is 9. The number of carbonyl (C=O) groups is 1. The fraction of sp³-hybridized carbons (Fsp3) is 0.222. The number of amides is 1. The summed E-state index contributed by atoms with van der Waals surface area (Å²) in [5.74, 6) is -0.0950. The number of nitrogens with two attached hydrogens (primary N) is 1. The normalized spacial score (nSPS) is 12.9. The van der Waals surface area contributed by atoms with Gasteiger partial charge in [-0.15, -0.1) is 0 Å². The number of pyridine rings is 1. The highest BCUT2D eigenvalue weighted by atomic mass is 16.3. The molecule has 1 unspecified atom stereocenters. The van der Waals surface area contributed by atoms with Gasteiger partial charge < -0.3 is 26.2 Å². The summed E-state index contributed by atoms with van der Waals surface area (Å²) in [5, 5.41) is 28.0. The Bertz CT molecular complexity index is 1580. The highest BCUT2D eigenvalue weighted by Gasteiger charge is 2.28. The van der Waals surface area contributed by atoms with Gasteiger partial charge in [-0.05, 0) is 24.6 Å². The molecule has 1 amide bonds. The van der Waals surface area contributed by atoms with Crippen molar-refractivity contribution in [2.24, 2.45) is 0 Å². The maximum atomic E-state index is 11.8. The number of H-pyrrole nitrogens is 1. The second-order valence-corrected chi connectivity index (χ2v) is 9.07. The van der Waals surface area contributed by atoms with Crippen LogP contribution in [-0.2, 0) is 16.9 Å². The van der Waals surface area contributed by atoms with Gasteiger partial charge in [0.05, 0.1) is 24.2 Å². The number of benzene rings is 1. The first-order valence-electron chi connectivity index (χ1n) is 12.2. The van der Waals surface area contributed by atoms with Crippen molar-refractivity contribution in [1.82, 2.24) is 35.0 Å². The van der Waals surface area contributed by atoms with Gasteiger partial charge in [0.2, 0.25) is 11.9 Å². The maximum Gasteiger partial charge on any atom is 0.221 e. The second-order valence-electron chi connectivity index (χ2n) is 9.07. The number of aryl methyl sites for hydroxylation is 1. The molecule has 6 N–H and O–H groups in total. The van der Waals surface area contributed by atoms with Crippen LogP contribution in [0.5, 0.6) is 0 Å². The number of aromatic nitrogens is 6. The summed E-state index contributed by atoms with van der Waals surface area (Å²) < 4.78 is 1.69. The van der Waals surface area contributed by atoms with E-state index in [9.17, 15) is 9.90 Å². The third kappa shape index (κ3) is 5.10. The van der Waals surface area contributed by atoms with Gasteiger partial charge in [0.25, 0.3) is 0 Å². The van der Waals surface area contributed by atoms with E-state index in [2.05, 4.69) is 30.4 Å². The zero-order valence-electron chi connectivity index (χ0n) is 20.8. The third-order valence-corrected chi connectivity index (χ3v) is 6.35. The van der Waals surface area contributed by atoms with Crippen LogP contribution in [0.4, 0.5) is 5.95 Å². The minimum absolute atomic E-state index is 0.0523. The molecule has 5 aromatic rings. The van der Waals surface area contributed by atoms with Crippen LogP contribution in [0.15, 0.2) is 67.3 Å². The summed E-state index contributed by atoms with van der Waals surface area (Å²) >= 11 is 0. The largest absolute Gasteiger partial charge is 0.395 e. The fourth-order valence-corrected chi connectivity index (χ4v) is 4.27. The molecule has 1 aromatic carbocycles. The van der Waals surface area contributed by atoms with Gasteiger partial charge in [-0.1, -0.05) is 30.3 Å². The molecule has 1 atom stereocenters. The van der Waals surface area contributed by atoms with E-state index in [0.29, 0.717) is 29.1 Å². The Labute approximate surface area is 218 Å². The smallest absolute Gasteiger partial charge is 0.221 e. The monoisotopic (exact) mass is 512 g/mol. The lowest BCUT2D eigenvalue weighted by molar-refractivity contribution is -0.121. The summed E-state index contributed by atoms with van der Waals surface area (Å²) in [7, 11) is 0. The van der Waals surface area contributed by atoms with Crippen LogP contribution < -0.4 is 11.1 Å². The molecule has 0 aliphatic heterocycles. The van der Waals surface area contributed by atoms with E-state index in [4.69, 9.17) is 10.8 Å². The summed E-state index contributed by atoms with van der Waals surface area (Å²) in [6.07, 6.45) is 7.38. The molecule has 0 spiro atoms. The van der Waals surface area contributed by atoms with E-state index in [-0.39, 0.29) is 31.4 Å². The number of anilines is 1. The number of nitrogens with one attached hydrogen (secondary N) is 2. The Balaban J connectivity index is 1.45. The minimum Gasteiger partial charge on any atom is -0.395 e. The van der Waals surface area contributed by atoms with E-state index in [1.54, 1.807) is 36.3 Å². The average molecular weight is 513 g/mol. The van der Waals surface area contributed by atoms with Crippen LogP contribution in [0.1, 0.15) is 24.6 Å². The van der Waals surface area contributed by atoms with Gasteiger partial charge in [0.1, 0.15) is 11.2 Å². The molecule has 0 bridgehead atoms. The van der Waals surface area contributed by atoms with Crippen LogP contribution in [0.25, 0.3) is 33.4 Å². The number of aromatic amines is 1. The lowest BCUT2D eigenvalue weighted by Gasteiger charge is -2.24. The van der Waals surface area contributed by atoms with Crippen molar-refractivity contribution in [3.05, 3.63) is 78.5 Å².